The predicted octanol–water partition coefficient (Wildman–Crippen LogP) is 3.07. The molecule has 0 radical (unpaired) electrons. The van der Waals surface area contributed by atoms with E-state index in [2.05, 4.69) is 4.98 Å². The van der Waals surface area contributed by atoms with Gasteiger partial charge < -0.3 is 9.67 Å². The SMILES string of the molecule is Cn1c(Cl)cnc1CSc1ccccc1O. The molecular weight excluding hydrogens is 244 g/mol. The normalized spacial score (nSPS) is 10.6. The molecule has 5 heteroatoms. The number of phenolic OH excluding ortho intramolecular Hbond substituents is 1. The zero-order valence-electron chi connectivity index (χ0n) is 8.72. The van der Waals surface area contributed by atoms with Crippen LogP contribution in [-0.4, -0.2) is 14.7 Å². The van der Waals surface area contributed by atoms with Gasteiger partial charge in [-0.2, -0.15) is 0 Å². The van der Waals surface area contributed by atoms with Gasteiger partial charge in [-0.25, -0.2) is 4.98 Å². The Hall–Kier alpha value is -1.13. The van der Waals surface area contributed by atoms with Gasteiger partial charge in [-0.15, -0.1) is 11.8 Å². The minimum Gasteiger partial charge on any atom is -0.507 e. The zero-order valence-corrected chi connectivity index (χ0v) is 10.3. The van der Waals surface area contributed by atoms with E-state index < -0.39 is 0 Å². The number of rotatable bonds is 3. The maximum atomic E-state index is 9.59. The van der Waals surface area contributed by atoms with E-state index in [0.29, 0.717) is 16.7 Å². The molecule has 0 saturated heterocycles. The first-order chi connectivity index (χ1) is 7.68. The lowest BCUT2D eigenvalue weighted by Crippen LogP contribution is -1.95. The molecule has 0 fully saturated rings. The summed E-state index contributed by atoms with van der Waals surface area (Å²) in [6, 6.07) is 7.25. The number of benzene rings is 1. The van der Waals surface area contributed by atoms with E-state index in [0.717, 1.165) is 10.7 Å². The smallest absolute Gasteiger partial charge is 0.129 e. The third-order valence-corrected chi connectivity index (χ3v) is 3.66. The second-order valence-corrected chi connectivity index (χ2v) is 4.72. The molecule has 0 aliphatic rings. The van der Waals surface area contributed by atoms with Crippen LogP contribution in [0, 0.1) is 0 Å². The molecule has 1 aromatic heterocycles. The fraction of sp³-hybridized carbons (Fsp3) is 0.182. The van der Waals surface area contributed by atoms with Crippen LogP contribution >= 0.6 is 23.4 Å². The standard InChI is InChI=1S/C11H11ClN2OS/c1-14-10(12)6-13-11(14)7-16-9-5-3-2-4-8(9)15/h2-6,15H,7H2,1H3. The summed E-state index contributed by atoms with van der Waals surface area (Å²) in [6.45, 7) is 0. The summed E-state index contributed by atoms with van der Waals surface area (Å²) in [4.78, 5) is 5.04. The van der Waals surface area contributed by atoms with E-state index in [1.165, 1.54) is 11.8 Å². The van der Waals surface area contributed by atoms with Gasteiger partial charge in [-0.05, 0) is 12.1 Å². The summed E-state index contributed by atoms with van der Waals surface area (Å²) in [6.07, 6.45) is 1.63. The van der Waals surface area contributed by atoms with Crippen molar-refractivity contribution in [3.8, 4) is 5.75 Å². The Morgan fingerprint density at radius 2 is 2.19 bits per heavy atom. The highest BCUT2D eigenvalue weighted by atomic mass is 35.5. The molecule has 2 aromatic rings. The molecule has 84 valence electrons. The van der Waals surface area contributed by atoms with Crippen LogP contribution in [0.2, 0.25) is 5.15 Å². The largest absolute Gasteiger partial charge is 0.507 e. The van der Waals surface area contributed by atoms with E-state index in [1.807, 2.05) is 23.7 Å². The Morgan fingerprint density at radius 3 is 2.81 bits per heavy atom. The van der Waals surface area contributed by atoms with Crippen LogP contribution in [0.3, 0.4) is 0 Å². The first-order valence-corrected chi connectivity index (χ1v) is 6.11. The minimum absolute atomic E-state index is 0.299. The molecule has 2 rings (SSSR count). The Labute approximate surface area is 103 Å². The van der Waals surface area contributed by atoms with Gasteiger partial charge >= 0.3 is 0 Å². The van der Waals surface area contributed by atoms with E-state index in [-0.39, 0.29) is 0 Å². The van der Waals surface area contributed by atoms with Gasteiger partial charge in [-0.1, -0.05) is 23.7 Å². The van der Waals surface area contributed by atoms with Gasteiger partial charge in [0.2, 0.25) is 0 Å². The van der Waals surface area contributed by atoms with E-state index in [1.54, 1.807) is 18.3 Å². The number of aromatic hydroxyl groups is 1. The highest BCUT2D eigenvalue weighted by molar-refractivity contribution is 7.98. The Balaban J connectivity index is 2.08. The van der Waals surface area contributed by atoms with Crippen molar-refractivity contribution in [3.63, 3.8) is 0 Å². The summed E-state index contributed by atoms with van der Waals surface area (Å²) in [5.74, 6) is 1.87. The summed E-state index contributed by atoms with van der Waals surface area (Å²) in [7, 11) is 1.87. The Kier molecular flexibility index (Phi) is 3.41. The van der Waals surface area contributed by atoms with E-state index in [4.69, 9.17) is 11.6 Å². The minimum atomic E-state index is 0.299. The number of phenols is 1. The van der Waals surface area contributed by atoms with Crippen LogP contribution in [0.15, 0.2) is 35.4 Å². The molecule has 0 amide bonds. The highest BCUT2D eigenvalue weighted by Crippen LogP contribution is 2.30. The van der Waals surface area contributed by atoms with Crippen molar-refractivity contribution in [2.75, 3.05) is 0 Å². The van der Waals surface area contributed by atoms with Crippen molar-refractivity contribution in [1.29, 1.82) is 0 Å². The number of thioether (sulfide) groups is 1. The van der Waals surface area contributed by atoms with Crippen molar-refractivity contribution in [1.82, 2.24) is 9.55 Å². The highest BCUT2D eigenvalue weighted by Gasteiger charge is 2.06. The maximum absolute atomic E-state index is 9.59. The maximum Gasteiger partial charge on any atom is 0.129 e. The average molecular weight is 255 g/mol. The fourth-order valence-electron chi connectivity index (χ4n) is 1.28. The van der Waals surface area contributed by atoms with Gasteiger partial charge in [-0.3, -0.25) is 0 Å². The third kappa shape index (κ3) is 2.33. The molecule has 3 nitrogen and oxygen atoms in total. The number of hydrogen-bond acceptors (Lipinski definition) is 3. The Morgan fingerprint density at radius 1 is 1.44 bits per heavy atom. The van der Waals surface area contributed by atoms with Gasteiger partial charge in [0.25, 0.3) is 0 Å². The lowest BCUT2D eigenvalue weighted by Gasteiger charge is -2.04. The summed E-state index contributed by atoms with van der Waals surface area (Å²) < 4.78 is 1.83. The van der Waals surface area contributed by atoms with Gasteiger partial charge in [0.15, 0.2) is 0 Å². The van der Waals surface area contributed by atoms with Crippen LogP contribution in [0.4, 0.5) is 0 Å². The summed E-state index contributed by atoms with van der Waals surface area (Å²) in [5, 5.41) is 10.2. The molecule has 1 aromatic carbocycles. The average Bonchev–Trinajstić information content (AvgIpc) is 2.59. The zero-order chi connectivity index (χ0) is 11.5. The fourth-order valence-corrected chi connectivity index (χ4v) is 2.37. The van der Waals surface area contributed by atoms with Crippen LogP contribution in [0.25, 0.3) is 0 Å². The Bertz CT molecular complexity index is 498. The predicted molar refractivity (Wildman–Crippen MR) is 65.9 cm³/mol. The molecule has 0 aliphatic carbocycles. The molecule has 0 unspecified atom stereocenters. The quantitative estimate of drug-likeness (QED) is 0.856. The van der Waals surface area contributed by atoms with Crippen molar-refractivity contribution in [2.24, 2.45) is 7.05 Å². The van der Waals surface area contributed by atoms with Crippen molar-refractivity contribution >= 4 is 23.4 Å². The second-order valence-electron chi connectivity index (χ2n) is 3.31. The van der Waals surface area contributed by atoms with E-state index in [9.17, 15) is 5.11 Å². The second kappa shape index (κ2) is 4.80. The van der Waals surface area contributed by atoms with Crippen LogP contribution in [-0.2, 0) is 12.8 Å². The van der Waals surface area contributed by atoms with E-state index >= 15 is 0 Å². The third-order valence-electron chi connectivity index (χ3n) is 2.25. The number of nitrogens with zero attached hydrogens (tertiary/aromatic N) is 2. The molecule has 0 atom stereocenters. The number of aromatic nitrogens is 2. The van der Waals surface area contributed by atoms with Gasteiger partial charge in [0, 0.05) is 11.9 Å². The van der Waals surface area contributed by atoms with Crippen LogP contribution < -0.4 is 0 Å². The molecule has 0 spiro atoms. The van der Waals surface area contributed by atoms with Crippen molar-refractivity contribution < 1.29 is 5.11 Å². The summed E-state index contributed by atoms with van der Waals surface area (Å²) in [5.41, 5.74) is 0. The van der Waals surface area contributed by atoms with Crippen LogP contribution in [0.5, 0.6) is 5.75 Å². The molecule has 0 saturated carbocycles. The van der Waals surface area contributed by atoms with Gasteiger partial charge in [0.1, 0.15) is 16.7 Å². The molecule has 1 N–H and O–H groups in total. The summed E-state index contributed by atoms with van der Waals surface area (Å²) >= 11 is 7.42. The number of imidazole rings is 1. The van der Waals surface area contributed by atoms with Crippen molar-refractivity contribution in [2.45, 2.75) is 10.6 Å². The molecule has 16 heavy (non-hydrogen) atoms. The van der Waals surface area contributed by atoms with Gasteiger partial charge in [0.05, 0.1) is 11.9 Å². The lowest BCUT2D eigenvalue weighted by molar-refractivity contribution is 0.462. The lowest BCUT2D eigenvalue weighted by atomic mass is 10.3. The van der Waals surface area contributed by atoms with Crippen molar-refractivity contribution in [3.05, 3.63) is 41.4 Å². The first-order valence-electron chi connectivity index (χ1n) is 4.75. The molecule has 0 bridgehead atoms. The molecular formula is C11H11ClN2OS. The number of para-hydroxylation sites is 1. The number of hydrogen-bond donors (Lipinski definition) is 1. The topological polar surface area (TPSA) is 38.0 Å². The number of halogens is 1. The molecule has 0 aliphatic heterocycles. The van der Waals surface area contributed by atoms with Crippen LogP contribution in [0.1, 0.15) is 5.82 Å². The molecule has 1 heterocycles. The first kappa shape index (κ1) is 11.4. The monoisotopic (exact) mass is 254 g/mol.